The molecule has 1 heterocycles. The van der Waals surface area contributed by atoms with Crippen molar-refractivity contribution in [2.24, 2.45) is 0 Å². The van der Waals surface area contributed by atoms with Gasteiger partial charge < -0.3 is 10.1 Å². The van der Waals surface area contributed by atoms with Crippen molar-refractivity contribution in [1.29, 1.82) is 0 Å². The Morgan fingerprint density at radius 1 is 1.21 bits per heavy atom. The van der Waals surface area contributed by atoms with Crippen LogP contribution < -0.4 is 5.32 Å². The van der Waals surface area contributed by atoms with Crippen LogP contribution in [-0.2, 0) is 17.6 Å². The molecular formula is C15H23N3O. The van der Waals surface area contributed by atoms with Crippen molar-refractivity contribution in [3.05, 3.63) is 17.6 Å². The van der Waals surface area contributed by atoms with E-state index in [0.29, 0.717) is 12.1 Å². The number of hydrogen-bond acceptors (Lipinski definition) is 4. The van der Waals surface area contributed by atoms with E-state index in [1.165, 1.54) is 30.5 Å². The van der Waals surface area contributed by atoms with E-state index in [-0.39, 0.29) is 0 Å². The van der Waals surface area contributed by atoms with Crippen molar-refractivity contribution in [3.8, 4) is 0 Å². The van der Waals surface area contributed by atoms with Gasteiger partial charge in [-0.1, -0.05) is 6.42 Å². The van der Waals surface area contributed by atoms with Gasteiger partial charge in [0.1, 0.15) is 12.1 Å². The van der Waals surface area contributed by atoms with Gasteiger partial charge in [0.25, 0.3) is 0 Å². The summed E-state index contributed by atoms with van der Waals surface area (Å²) in [6.45, 7) is 2.88. The van der Waals surface area contributed by atoms with Crippen molar-refractivity contribution < 1.29 is 4.74 Å². The van der Waals surface area contributed by atoms with E-state index in [1.54, 1.807) is 6.33 Å². The average Bonchev–Trinajstić information content (AvgIpc) is 2.62. The van der Waals surface area contributed by atoms with Gasteiger partial charge in [-0.05, 0) is 45.4 Å². The second-order valence-corrected chi connectivity index (χ2v) is 5.60. The maximum atomic E-state index is 5.61. The molecule has 104 valence electrons. The fourth-order valence-corrected chi connectivity index (χ4v) is 3.07. The van der Waals surface area contributed by atoms with Crippen LogP contribution in [0.25, 0.3) is 0 Å². The van der Waals surface area contributed by atoms with Crippen LogP contribution in [0.2, 0.25) is 0 Å². The molecule has 2 aliphatic carbocycles. The van der Waals surface area contributed by atoms with E-state index >= 15 is 0 Å². The molecule has 3 rings (SSSR count). The number of aryl methyl sites for hydroxylation is 1. The second-order valence-electron chi connectivity index (χ2n) is 5.60. The fourth-order valence-electron chi connectivity index (χ4n) is 3.07. The summed E-state index contributed by atoms with van der Waals surface area (Å²) in [6, 6.07) is 0.527. The maximum absolute atomic E-state index is 5.61. The van der Waals surface area contributed by atoms with Crippen LogP contribution in [0.15, 0.2) is 6.33 Å². The van der Waals surface area contributed by atoms with Gasteiger partial charge in [-0.25, -0.2) is 9.97 Å². The predicted molar refractivity (Wildman–Crippen MR) is 75.3 cm³/mol. The van der Waals surface area contributed by atoms with Crippen molar-refractivity contribution in [2.45, 2.75) is 64.0 Å². The molecule has 0 saturated heterocycles. The van der Waals surface area contributed by atoms with Crippen LogP contribution in [0.4, 0.5) is 5.82 Å². The molecular weight excluding hydrogens is 238 g/mol. The highest BCUT2D eigenvalue weighted by Gasteiger charge is 2.30. The number of fused-ring (bicyclic) bond motifs is 1. The number of ether oxygens (including phenoxy) is 1. The van der Waals surface area contributed by atoms with Crippen molar-refractivity contribution in [1.82, 2.24) is 9.97 Å². The molecule has 1 saturated carbocycles. The minimum Gasteiger partial charge on any atom is -0.378 e. The molecule has 2 aliphatic rings. The summed E-state index contributed by atoms with van der Waals surface area (Å²) in [5.41, 5.74) is 2.62. The highest BCUT2D eigenvalue weighted by Crippen LogP contribution is 2.29. The lowest BCUT2D eigenvalue weighted by Gasteiger charge is -2.36. The third kappa shape index (κ3) is 2.89. The molecule has 0 atom stereocenters. The van der Waals surface area contributed by atoms with Gasteiger partial charge >= 0.3 is 0 Å². The number of anilines is 1. The Morgan fingerprint density at radius 3 is 2.89 bits per heavy atom. The monoisotopic (exact) mass is 261 g/mol. The Bertz CT molecular complexity index is 429. The summed E-state index contributed by atoms with van der Waals surface area (Å²) in [4.78, 5) is 8.92. The van der Waals surface area contributed by atoms with E-state index in [0.717, 1.165) is 38.1 Å². The summed E-state index contributed by atoms with van der Waals surface area (Å²) in [7, 11) is 0. The van der Waals surface area contributed by atoms with Crippen LogP contribution in [0.5, 0.6) is 0 Å². The zero-order valence-corrected chi connectivity index (χ0v) is 11.7. The molecule has 1 N–H and O–H groups in total. The van der Waals surface area contributed by atoms with Gasteiger partial charge in [-0.3, -0.25) is 0 Å². The predicted octanol–water partition coefficient (Wildman–Crippen LogP) is 2.72. The Kier molecular flexibility index (Phi) is 3.97. The van der Waals surface area contributed by atoms with Gasteiger partial charge in [-0.2, -0.15) is 0 Å². The summed E-state index contributed by atoms with van der Waals surface area (Å²) in [6.07, 6.45) is 10.4. The van der Waals surface area contributed by atoms with Crippen molar-refractivity contribution in [2.75, 3.05) is 11.9 Å². The maximum Gasteiger partial charge on any atom is 0.133 e. The van der Waals surface area contributed by atoms with Crippen LogP contribution in [0.1, 0.15) is 50.3 Å². The Hall–Kier alpha value is -1.16. The van der Waals surface area contributed by atoms with Gasteiger partial charge in [0, 0.05) is 23.9 Å². The summed E-state index contributed by atoms with van der Waals surface area (Å²) in [5, 5.41) is 3.59. The van der Waals surface area contributed by atoms with E-state index in [2.05, 4.69) is 22.2 Å². The number of nitrogens with zero attached hydrogens (tertiary/aromatic N) is 2. The van der Waals surface area contributed by atoms with Crippen molar-refractivity contribution in [3.63, 3.8) is 0 Å². The largest absolute Gasteiger partial charge is 0.378 e. The molecule has 0 aliphatic heterocycles. The SMILES string of the molecule is CCOC1CC(Nc2ncnc3c2CCCCC3)C1. The lowest BCUT2D eigenvalue weighted by Crippen LogP contribution is -2.41. The summed E-state index contributed by atoms with van der Waals surface area (Å²) < 4.78 is 5.61. The molecule has 19 heavy (non-hydrogen) atoms. The summed E-state index contributed by atoms with van der Waals surface area (Å²) in [5.74, 6) is 1.08. The zero-order valence-electron chi connectivity index (χ0n) is 11.7. The molecule has 4 nitrogen and oxygen atoms in total. The Labute approximate surface area is 115 Å². The van der Waals surface area contributed by atoms with Gasteiger partial charge in [0.2, 0.25) is 0 Å². The quantitative estimate of drug-likeness (QED) is 0.847. The fraction of sp³-hybridized carbons (Fsp3) is 0.733. The zero-order chi connectivity index (χ0) is 13.1. The first kappa shape index (κ1) is 12.9. The van der Waals surface area contributed by atoms with E-state index < -0.39 is 0 Å². The van der Waals surface area contributed by atoms with E-state index in [4.69, 9.17) is 4.74 Å². The number of aromatic nitrogens is 2. The van der Waals surface area contributed by atoms with Crippen LogP contribution in [0, 0.1) is 0 Å². The molecule has 0 bridgehead atoms. The molecule has 1 aromatic rings. The molecule has 4 heteroatoms. The number of rotatable bonds is 4. The van der Waals surface area contributed by atoms with Crippen LogP contribution in [-0.4, -0.2) is 28.7 Å². The van der Waals surface area contributed by atoms with E-state index in [9.17, 15) is 0 Å². The molecule has 1 aromatic heterocycles. The highest BCUT2D eigenvalue weighted by molar-refractivity contribution is 5.47. The molecule has 0 aromatic carbocycles. The molecule has 0 spiro atoms. The molecule has 0 radical (unpaired) electrons. The standard InChI is InChI=1S/C15H23N3O/c1-2-19-12-8-11(9-12)18-15-13-6-4-3-5-7-14(13)16-10-17-15/h10-12H,2-9H2,1H3,(H,16,17,18). The van der Waals surface area contributed by atoms with Crippen LogP contribution >= 0.6 is 0 Å². The first-order valence-electron chi connectivity index (χ1n) is 7.57. The second kappa shape index (κ2) is 5.87. The number of nitrogens with one attached hydrogen (secondary N) is 1. The van der Waals surface area contributed by atoms with Gasteiger partial charge in [0.05, 0.1) is 6.10 Å². The summed E-state index contributed by atoms with van der Waals surface area (Å²) >= 11 is 0. The highest BCUT2D eigenvalue weighted by atomic mass is 16.5. The Morgan fingerprint density at radius 2 is 2.05 bits per heavy atom. The third-order valence-corrected chi connectivity index (χ3v) is 4.21. The lowest BCUT2D eigenvalue weighted by atomic mass is 9.89. The normalized spacial score (nSPS) is 26.2. The average molecular weight is 261 g/mol. The lowest BCUT2D eigenvalue weighted by molar-refractivity contribution is 0.00290. The van der Waals surface area contributed by atoms with Crippen molar-refractivity contribution >= 4 is 5.82 Å². The van der Waals surface area contributed by atoms with E-state index in [1.807, 2.05) is 0 Å². The van der Waals surface area contributed by atoms with Gasteiger partial charge in [0.15, 0.2) is 0 Å². The molecule has 1 fully saturated rings. The third-order valence-electron chi connectivity index (χ3n) is 4.21. The molecule has 0 unspecified atom stereocenters. The Balaban J connectivity index is 1.65. The topological polar surface area (TPSA) is 47.0 Å². The molecule has 0 amide bonds. The number of hydrogen-bond donors (Lipinski definition) is 1. The van der Waals surface area contributed by atoms with Crippen LogP contribution in [0.3, 0.4) is 0 Å². The minimum absolute atomic E-state index is 0.447. The minimum atomic E-state index is 0.447. The first-order chi connectivity index (χ1) is 9.36. The van der Waals surface area contributed by atoms with Gasteiger partial charge in [-0.15, -0.1) is 0 Å². The smallest absolute Gasteiger partial charge is 0.133 e. The first-order valence-corrected chi connectivity index (χ1v) is 7.57.